The van der Waals surface area contributed by atoms with E-state index in [1.54, 1.807) is 11.0 Å². The number of anilines is 1. The second-order valence-corrected chi connectivity index (χ2v) is 8.41. The number of urea groups is 2. The molecule has 4 amide bonds. The lowest BCUT2D eigenvalue weighted by Gasteiger charge is -2.32. The highest BCUT2D eigenvalue weighted by atomic mass is 16.5. The van der Waals surface area contributed by atoms with Crippen LogP contribution < -0.4 is 5.32 Å². The monoisotopic (exact) mass is 377 g/mol. The van der Waals surface area contributed by atoms with Gasteiger partial charge in [-0.2, -0.15) is 0 Å². The topological polar surface area (TPSA) is 81.9 Å². The number of nitrogens with zero attached hydrogens (tertiary/aromatic N) is 4. The Kier molecular flexibility index (Phi) is 5.92. The highest BCUT2D eigenvalue weighted by Gasteiger charge is 2.27. The van der Waals surface area contributed by atoms with Crippen LogP contribution in [0.3, 0.4) is 0 Å². The molecule has 0 spiro atoms. The van der Waals surface area contributed by atoms with Crippen molar-refractivity contribution in [2.24, 2.45) is 0 Å². The van der Waals surface area contributed by atoms with Crippen LogP contribution in [0, 0.1) is 0 Å². The summed E-state index contributed by atoms with van der Waals surface area (Å²) >= 11 is 0. The zero-order valence-electron chi connectivity index (χ0n) is 16.7. The number of rotatable bonds is 1. The average molecular weight is 377 g/mol. The Morgan fingerprint density at radius 3 is 2.19 bits per heavy atom. The minimum Gasteiger partial charge on any atom is -0.359 e. The van der Waals surface area contributed by atoms with Crippen molar-refractivity contribution in [3.8, 4) is 0 Å². The minimum atomic E-state index is -0.198. The lowest BCUT2D eigenvalue weighted by Crippen LogP contribution is -2.47. The highest BCUT2D eigenvalue weighted by molar-refractivity contribution is 5.88. The number of piperidine rings is 1. The van der Waals surface area contributed by atoms with Crippen LogP contribution >= 0.6 is 0 Å². The molecule has 2 saturated heterocycles. The second-order valence-electron chi connectivity index (χ2n) is 8.41. The summed E-state index contributed by atoms with van der Waals surface area (Å²) in [6, 6.07) is 1.68. The lowest BCUT2D eigenvalue weighted by molar-refractivity contribution is 0.145. The van der Waals surface area contributed by atoms with Gasteiger partial charge in [0.2, 0.25) is 0 Å². The number of carbonyl (C=O) groups is 2. The van der Waals surface area contributed by atoms with E-state index in [-0.39, 0.29) is 17.5 Å². The molecule has 1 aromatic rings. The smallest absolute Gasteiger partial charge is 0.323 e. The van der Waals surface area contributed by atoms with E-state index in [0.29, 0.717) is 32.0 Å². The predicted octanol–water partition coefficient (Wildman–Crippen LogP) is 3.12. The summed E-state index contributed by atoms with van der Waals surface area (Å²) < 4.78 is 5.32. The first-order valence-corrected chi connectivity index (χ1v) is 9.91. The summed E-state index contributed by atoms with van der Waals surface area (Å²) in [4.78, 5) is 30.8. The van der Waals surface area contributed by atoms with Gasteiger partial charge in [0, 0.05) is 50.7 Å². The van der Waals surface area contributed by atoms with Gasteiger partial charge < -0.3 is 19.2 Å². The number of carbonyl (C=O) groups excluding carboxylic acids is 2. The summed E-state index contributed by atoms with van der Waals surface area (Å²) in [5.74, 6) is 1.15. The van der Waals surface area contributed by atoms with Crippen molar-refractivity contribution >= 4 is 17.9 Å². The van der Waals surface area contributed by atoms with Gasteiger partial charge in [0.05, 0.1) is 0 Å². The third kappa shape index (κ3) is 4.93. The molecule has 0 aliphatic carbocycles. The van der Waals surface area contributed by atoms with E-state index < -0.39 is 0 Å². The van der Waals surface area contributed by atoms with Gasteiger partial charge in [0.1, 0.15) is 5.76 Å². The number of hydrogen-bond acceptors (Lipinski definition) is 4. The lowest BCUT2D eigenvalue weighted by atomic mass is 9.93. The average Bonchev–Trinajstić information content (AvgIpc) is 2.98. The summed E-state index contributed by atoms with van der Waals surface area (Å²) in [5, 5.41) is 6.75. The third-order valence-corrected chi connectivity index (χ3v) is 5.16. The Labute approximate surface area is 160 Å². The molecule has 0 saturated carbocycles. The molecule has 27 heavy (non-hydrogen) atoms. The Morgan fingerprint density at radius 1 is 0.926 bits per heavy atom. The molecular formula is C19H31N5O3. The fourth-order valence-electron chi connectivity index (χ4n) is 3.47. The van der Waals surface area contributed by atoms with Crippen LogP contribution in [-0.4, -0.2) is 71.2 Å². The van der Waals surface area contributed by atoms with Crippen LogP contribution in [0.2, 0.25) is 0 Å². The summed E-state index contributed by atoms with van der Waals surface area (Å²) in [7, 11) is 0. The maximum atomic E-state index is 12.7. The van der Waals surface area contributed by atoms with E-state index in [1.807, 2.05) is 30.6 Å². The first kappa shape index (κ1) is 19.5. The number of nitrogens with one attached hydrogen (secondary N) is 1. The van der Waals surface area contributed by atoms with E-state index >= 15 is 0 Å². The number of aromatic nitrogens is 1. The van der Waals surface area contributed by atoms with E-state index in [4.69, 9.17) is 4.52 Å². The quantitative estimate of drug-likeness (QED) is 0.815. The molecule has 3 rings (SSSR count). The number of hydrogen-bond donors (Lipinski definition) is 1. The molecule has 2 fully saturated rings. The highest BCUT2D eigenvalue weighted by Crippen LogP contribution is 2.24. The van der Waals surface area contributed by atoms with Crippen LogP contribution in [0.4, 0.5) is 15.4 Å². The van der Waals surface area contributed by atoms with Crippen LogP contribution in [0.25, 0.3) is 0 Å². The third-order valence-electron chi connectivity index (χ3n) is 5.16. The largest absolute Gasteiger partial charge is 0.359 e. The van der Waals surface area contributed by atoms with Gasteiger partial charge in [-0.25, -0.2) is 9.59 Å². The van der Waals surface area contributed by atoms with Crippen molar-refractivity contribution in [2.75, 3.05) is 44.6 Å². The molecule has 0 bridgehead atoms. The van der Waals surface area contributed by atoms with Gasteiger partial charge in [0.15, 0.2) is 5.82 Å². The van der Waals surface area contributed by atoms with Crippen LogP contribution in [0.1, 0.15) is 52.2 Å². The van der Waals surface area contributed by atoms with Gasteiger partial charge in [-0.15, -0.1) is 0 Å². The maximum Gasteiger partial charge on any atom is 0.323 e. The van der Waals surface area contributed by atoms with E-state index in [9.17, 15) is 9.59 Å². The SMILES string of the molecule is CC(C)(C)c1cc(NC(=O)N2CCCN(C(=O)N3CCCCC3)CC2)no1. The molecule has 2 aliphatic rings. The van der Waals surface area contributed by atoms with Gasteiger partial charge in [-0.1, -0.05) is 25.9 Å². The maximum absolute atomic E-state index is 12.7. The van der Waals surface area contributed by atoms with Crippen molar-refractivity contribution < 1.29 is 14.1 Å². The molecule has 0 aromatic carbocycles. The van der Waals surface area contributed by atoms with Crippen molar-refractivity contribution in [2.45, 2.75) is 51.9 Å². The van der Waals surface area contributed by atoms with Crippen LogP contribution in [0.15, 0.2) is 10.6 Å². The van der Waals surface area contributed by atoms with Gasteiger partial charge in [-0.3, -0.25) is 5.32 Å². The molecule has 8 heteroatoms. The first-order valence-electron chi connectivity index (χ1n) is 9.91. The predicted molar refractivity (Wildman–Crippen MR) is 103 cm³/mol. The van der Waals surface area contributed by atoms with E-state index in [1.165, 1.54) is 6.42 Å². The van der Waals surface area contributed by atoms with E-state index in [2.05, 4.69) is 10.5 Å². The van der Waals surface area contributed by atoms with Crippen molar-refractivity contribution in [1.82, 2.24) is 19.9 Å². The molecule has 150 valence electrons. The van der Waals surface area contributed by atoms with Crippen molar-refractivity contribution in [3.05, 3.63) is 11.8 Å². The molecule has 8 nitrogen and oxygen atoms in total. The van der Waals surface area contributed by atoms with Crippen molar-refractivity contribution in [1.29, 1.82) is 0 Å². The fraction of sp³-hybridized carbons (Fsp3) is 0.737. The van der Waals surface area contributed by atoms with Crippen LogP contribution in [0.5, 0.6) is 0 Å². The molecule has 0 radical (unpaired) electrons. The molecule has 0 atom stereocenters. The molecule has 2 aliphatic heterocycles. The number of amides is 4. The van der Waals surface area contributed by atoms with Gasteiger partial charge in [0.25, 0.3) is 0 Å². The van der Waals surface area contributed by atoms with Gasteiger partial charge >= 0.3 is 12.1 Å². The van der Waals surface area contributed by atoms with E-state index in [0.717, 1.165) is 38.1 Å². The Morgan fingerprint density at radius 2 is 1.52 bits per heavy atom. The summed E-state index contributed by atoms with van der Waals surface area (Å²) in [6.07, 6.45) is 4.15. The summed E-state index contributed by atoms with van der Waals surface area (Å²) in [6.45, 7) is 10.2. The zero-order valence-corrected chi connectivity index (χ0v) is 16.7. The molecule has 1 aromatic heterocycles. The Balaban J connectivity index is 1.53. The first-order chi connectivity index (χ1) is 12.8. The standard InChI is InChI=1S/C19H31N5O3/c1-19(2,3)15-14-16(21-27-15)20-17(25)22-10-7-11-24(13-12-22)18(26)23-8-5-4-6-9-23/h14H,4-13H2,1-3H3,(H,20,21,25). The molecular weight excluding hydrogens is 346 g/mol. The zero-order chi connectivity index (χ0) is 19.4. The molecule has 0 unspecified atom stereocenters. The molecule has 1 N–H and O–H groups in total. The Hall–Kier alpha value is -2.25. The Bertz CT molecular complexity index is 661. The normalized spacial score (nSPS) is 19.0. The summed E-state index contributed by atoms with van der Waals surface area (Å²) in [5.41, 5.74) is -0.159. The van der Waals surface area contributed by atoms with Crippen LogP contribution in [-0.2, 0) is 5.41 Å². The second kappa shape index (κ2) is 8.19. The minimum absolute atomic E-state index is 0.114. The number of likely N-dealkylation sites (tertiary alicyclic amines) is 1. The fourth-order valence-corrected chi connectivity index (χ4v) is 3.47. The van der Waals surface area contributed by atoms with Crippen molar-refractivity contribution in [3.63, 3.8) is 0 Å². The molecule has 3 heterocycles. The van der Waals surface area contributed by atoms with Gasteiger partial charge in [-0.05, 0) is 25.7 Å².